The largest absolute Gasteiger partial charge is 0.350 e. The van der Waals surface area contributed by atoms with Gasteiger partial charge in [0.2, 0.25) is 15.9 Å². The van der Waals surface area contributed by atoms with Crippen molar-refractivity contribution in [1.82, 2.24) is 13.8 Å². The highest BCUT2D eigenvalue weighted by Crippen LogP contribution is 2.26. The topological polar surface area (TPSA) is 62.6 Å². The van der Waals surface area contributed by atoms with Crippen LogP contribution in [0.4, 0.5) is 0 Å². The van der Waals surface area contributed by atoms with Crippen molar-refractivity contribution in [2.75, 3.05) is 26.2 Å². The molecule has 0 saturated carbocycles. The molecule has 168 valence electrons. The zero-order chi connectivity index (χ0) is 22.3. The Kier molecular flexibility index (Phi) is 5.55. The number of piperazine rings is 1. The van der Waals surface area contributed by atoms with Gasteiger partial charge in [-0.1, -0.05) is 24.3 Å². The van der Waals surface area contributed by atoms with E-state index in [2.05, 4.69) is 0 Å². The first-order valence-electron chi connectivity index (χ1n) is 11.4. The van der Waals surface area contributed by atoms with E-state index in [1.807, 2.05) is 54.2 Å². The molecule has 5 rings (SSSR count). The van der Waals surface area contributed by atoms with Crippen LogP contribution in [0.15, 0.2) is 53.6 Å². The number of hydrogen-bond acceptors (Lipinski definition) is 3. The summed E-state index contributed by atoms with van der Waals surface area (Å²) in [5, 5.41) is 1.09. The number of hydrogen-bond donors (Lipinski definition) is 0. The van der Waals surface area contributed by atoms with Crippen LogP contribution in [0.5, 0.6) is 0 Å². The van der Waals surface area contributed by atoms with Crippen molar-refractivity contribution in [2.24, 2.45) is 7.05 Å². The molecular formula is C25H29N3O3S. The number of para-hydroxylation sites is 1. The fourth-order valence-corrected chi connectivity index (χ4v) is 6.51. The van der Waals surface area contributed by atoms with E-state index in [-0.39, 0.29) is 5.91 Å². The maximum Gasteiger partial charge on any atom is 0.243 e. The molecule has 1 saturated heterocycles. The first kappa shape index (κ1) is 21.2. The van der Waals surface area contributed by atoms with Crippen LogP contribution in [0.2, 0.25) is 0 Å². The van der Waals surface area contributed by atoms with Gasteiger partial charge in [-0.2, -0.15) is 4.31 Å². The van der Waals surface area contributed by atoms with Crippen molar-refractivity contribution in [3.05, 3.63) is 65.4 Å². The second-order valence-electron chi connectivity index (χ2n) is 8.88. The first-order chi connectivity index (χ1) is 15.4. The molecule has 2 heterocycles. The second kappa shape index (κ2) is 8.37. The Hall–Kier alpha value is -2.64. The van der Waals surface area contributed by atoms with Gasteiger partial charge in [0.15, 0.2) is 0 Å². The van der Waals surface area contributed by atoms with E-state index in [9.17, 15) is 13.2 Å². The van der Waals surface area contributed by atoms with Crippen molar-refractivity contribution in [2.45, 2.75) is 37.0 Å². The lowest BCUT2D eigenvalue weighted by Crippen LogP contribution is -2.50. The van der Waals surface area contributed by atoms with E-state index in [1.165, 1.54) is 21.9 Å². The van der Waals surface area contributed by atoms with Gasteiger partial charge in [0.05, 0.1) is 11.3 Å². The molecular weight excluding hydrogens is 422 g/mol. The third kappa shape index (κ3) is 3.84. The summed E-state index contributed by atoms with van der Waals surface area (Å²) >= 11 is 0. The van der Waals surface area contributed by atoms with Gasteiger partial charge >= 0.3 is 0 Å². The monoisotopic (exact) mass is 451 g/mol. The van der Waals surface area contributed by atoms with E-state index in [0.717, 1.165) is 35.7 Å². The number of amides is 1. The number of fused-ring (bicyclic) bond motifs is 2. The average Bonchev–Trinajstić information content (AvgIpc) is 3.14. The molecule has 0 radical (unpaired) electrons. The summed E-state index contributed by atoms with van der Waals surface area (Å²) in [6, 6.07) is 13.7. The van der Waals surface area contributed by atoms with Crippen LogP contribution in [0.3, 0.4) is 0 Å². The third-order valence-corrected chi connectivity index (χ3v) is 8.76. The maximum absolute atomic E-state index is 13.2. The minimum absolute atomic E-state index is 0.0483. The van der Waals surface area contributed by atoms with Crippen LogP contribution in [0.1, 0.15) is 29.5 Å². The highest BCUT2D eigenvalue weighted by atomic mass is 32.2. The van der Waals surface area contributed by atoms with Crippen molar-refractivity contribution >= 4 is 26.8 Å². The number of nitrogens with zero attached hydrogens (tertiary/aromatic N) is 3. The minimum atomic E-state index is -3.54. The minimum Gasteiger partial charge on any atom is -0.350 e. The number of carbonyl (C=O) groups is 1. The van der Waals surface area contributed by atoms with Crippen LogP contribution in [-0.4, -0.2) is 54.3 Å². The van der Waals surface area contributed by atoms with Crippen molar-refractivity contribution in [3.63, 3.8) is 0 Å². The summed E-state index contributed by atoms with van der Waals surface area (Å²) in [5.74, 6) is 0.0483. The van der Waals surface area contributed by atoms with Gasteiger partial charge in [-0.15, -0.1) is 0 Å². The summed E-state index contributed by atoms with van der Waals surface area (Å²) in [7, 11) is -1.55. The fourth-order valence-electron chi connectivity index (χ4n) is 5.04. The lowest BCUT2D eigenvalue weighted by atomic mass is 9.92. The molecule has 1 aliphatic carbocycles. The number of benzene rings is 2. The van der Waals surface area contributed by atoms with Gasteiger partial charge in [-0.05, 0) is 60.6 Å². The van der Waals surface area contributed by atoms with Gasteiger partial charge in [0.25, 0.3) is 0 Å². The summed E-state index contributed by atoms with van der Waals surface area (Å²) in [6.07, 6.45) is 6.63. The number of aryl methyl sites for hydroxylation is 3. The van der Waals surface area contributed by atoms with E-state index < -0.39 is 10.0 Å². The molecule has 2 aromatic carbocycles. The molecule has 7 heteroatoms. The van der Waals surface area contributed by atoms with E-state index in [4.69, 9.17) is 0 Å². The normalized spacial score (nSPS) is 17.5. The van der Waals surface area contributed by atoms with E-state index in [1.54, 1.807) is 11.0 Å². The van der Waals surface area contributed by atoms with Gasteiger partial charge in [0.1, 0.15) is 0 Å². The number of sulfonamides is 1. The second-order valence-corrected chi connectivity index (χ2v) is 10.8. The van der Waals surface area contributed by atoms with Gasteiger partial charge in [-0.3, -0.25) is 4.79 Å². The third-order valence-electron chi connectivity index (χ3n) is 6.87. The summed E-state index contributed by atoms with van der Waals surface area (Å²) < 4.78 is 30.0. The molecule has 6 nitrogen and oxygen atoms in total. The molecule has 0 atom stereocenters. The van der Waals surface area contributed by atoms with Crippen molar-refractivity contribution in [3.8, 4) is 0 Å². The Balaban J connectivity index is 1.26. The quantitative estimate of drug-likeness (QED) is 0.612. The molecule has 1 fully saturated rings. The zero-order valence-corrected chi connectivity index (χ0v) is 19.3. The molecule has 0 unspecified atom stereocenters. The van der Waals surface area contributed by atoms with Crippen LogP contribution in [-0.2, 0) is 41.1 Å². The first-order valence-corrected chi connectivity index (χ1v) is 12.8. The smallest absolute Gasteiger partial charge is 0.243 e. The summed E-state index contributed by atoms with van der Waals surface area (Å²) in [6.45, 7) is 1.52. The summed E-state index contributed by atoms with van der Waals surface area (Å²) in [5.41, 5.74) is 4.56. The molecule has 0 N–H and O–H groups in total. The van der Waals surface area contributed by atoms with E-state index in [0.29, 0.717) is 37.5 Å². The molecule has 32 heavy (non-hydrogen) atoms. The summed E-state index contributed by atoms with van der Waals surface area (Å²) in [4.78, 5) is 15.1. The van der Waals surface area contributed by atoms with Crippen LogP contribution in [0.25, 0.3) is 10.9 Å². The SMILES string of the molecule is Cn1cc(CC(=O)N2CCN(S(=O)(=O)c3ccc4c(c3)CCCC4)CC2)c2ccccc21. The predicted molar refractivity (Wildman–Crippen MR) is 125 cm³/mol. The van der Waals surface area contributed by atoms with E-state index >= 15 is 0 Å². The van der Waals surface area contributed by atoms with Crippen LogP contribution in [0, 0.1) is 0 Å². The Morgan fingerprint density at radius 1 is 0.938 bits per heavy atom. The standard InChI is InChI=1S/C25H29N3O3S/c1-26-18-21(23-8-4-5-9-24(23)26)17-25(29)27-12-14-28(15-13-27)32(30,31)22-11-10-19-6-2-3-7-20(19)16-22/h4-5,8-11,16,18H,2-3,6-7,12-15,17H2,1H3. The van der Waals surface area contributed by atoms with Crippen molar-refractivity contribution in [1.29, 1.82) is 0 Å². The van der Waals surface area contributed by atoms with Crippen molar-refractivity contribution < 1.29 is 13.2 Å². The van der Waals surface area contributed by atoms with Gasteiger partial charge in [-0.25, -0.2) is 8.42 Å². The van der Waals surface area contributed by atoms with Gasteiger partial charge in [0, 0.05) is 50.3 Å². The fraction of sp³-hybridized carbons (Fsp3) is 0.400. The highest BCUT2D eigenvalue weighted by Gasteiger charge is 2.31. The molecule has 0 spiro atoms. The Morgan fingerprint density at radius 3 is 2.44 bits per heavy atom. The molecule has 0 bridgehead atoms. The molecule has 2 aliphatic rings. The zero-order valence-electron chi connectivity index (χ0n) is 18.5. The van der Waals surface area contributed by atoms with Crippen LogP contribution < -0.4 is 0 Å². The number of carbonyl (C=O) groups excluding carboxylic acids is 1. The Morgan fingerprint density at radius 2 is 1.66 bits per heavy atom. The van der Waals surface area contributed by atoms with Crippen LogP contribution >= 0.6 is 0 Å². The lowest BCUT2D eigenvalue weighted by Gasteiger charge is -2.34. The molecule has 1 aromatic heterocycles. The molecule has 3 aromatic rings. The highest BCUT2D eigenvalue weighted by molar-refractivity contribution is 7.89. The molecule has 1 amide bonds. The lowest BCUT2D eigenvalue weighted by molar-refractivity contribution is -0.131. The van der Waals surface area contributed by atoms with Gasteiger partial charge < -0.3 is 9.47 Å². The maximum atomic E-state index is 13.2. The number of aromatic nitrogens is 1. The predicted octanol–water partition coefficient (Wildman–Crippen LogP) is 3.13. The Labute approximate surface area is 189 Å². The Bertz CT molecular complexity index is 1270. The molecule has 1 aliphatic heterocycles. The average molecular weight is 452 g/mol. The number of rotatable bonds is 4.